The Bertz CT molecular complexity index is 1030. The monoisotopic (exact) mass is 360 g/mol. The molecular weight excluding hydrogens is 340 g/mol. The Kier molecular flexibility index (Phi) is 4.50. The summed E-state index contributed by atoms with van der Waals surface area (Å²) in [6, 6.07) is 17.3. The van der Waals surface area contributed by atoms with Gasteiger partial charge in [0.15, 0.2) is 0 Å². The highest BCUT2D eigenvalue weighted by molar-refractivity contribution is 6.04. The molecule has 0 bridgehead atoms. The van der Waals surface area contributed by atoms with Crippen molar-refractivity contribution >= 4 is 34.0 Å². The number of benzene rings is 3. The van der Waals surface area contributed by atoms with Crippen LogP contribution in [0.25, 0.3) is 10.8 Å². The van der Waals surface area contributed by atoms with Gasteiger partial charge in [-0.2, -0.15) is 0 Å². The fraction of sp³-hybridized carbons (Fsp3) is 0.182. The van der Waals surface area contributed by atoms with E-state index < -0.39 is 5.97 Å². The van der Waals surface area contributed by atoms with Crippen LogP contribution in [0.5, 0.6) is 0 Å². The van der Waals surface area contributed by atoms with Gasteiger partial charge >= 0.3 is 5.97 Å². The highest BCUT2D eigenvalue weighted by Crippen LogP contribution is 2.34. The molecule has 27 heavy (non-hydrogen) atoms. The minimum Gasteiger partial charge on any atom is -0.465 e. The third-order valence-electron chi connectivity index (χ3n) is 4.92. The van der Waals surface area contributed by atoms with Crippen LogP contribution in [0, 0.1) is 0 Å². The van der Waals surface area contributed by atoms with Gasteiger partial charge in [0.25, 0.3) is 0 Å². The molecule has 5 nitrogen and oxygen atoms in total. The summed E-state index contributed by atoms with van der Waals surface area (Å²) in [6.45, 7) is 0.105. The van der Waals surface area contributed by atoms with Crippen molar-refractivity contribution in [1.29, 1.82) is 0 Å². The molecule has 0 unspecified atom stereocenters. The number of nitrogens with one attached hydrogen (secondary N) is 2. The minimum atomic E-state index is -0.480. The third-order valence-corrected chi connectivity index (χ3v) is 4.92. The maximum absolute atomic E-state index is 12.4. The number of esters is 1. The molecule has 5 heteroatoms. The fourth-order valence-electron chi connectivity index (χ4n) is 3.65. The Labute approximate surface area is 157 Å². The molecule has 0 saturated carbocycles. The van der Waals surface area contributed by atoms with Crippen molar-refractivity contribution in [3.05, 3.63) is 71.3 Å². The molecule has 0 saturated heterocycles. The first kappa shape index (κ1) is 17.1. The Morgan fingerprint density at radius 3 is 2.52 bits per heavy atom. The van der Waals surface area contributed by atoms with E-state index in [1.807, 2.05) is 6.07 Å². The topological polar surface area (TPSA) is 67.4 Å². The van der Waals surface area contributed by atoms with Gasteiger partial charge in [-0.1, -0.05) is 36.4 Å². The lowest BCUT2D eigenvalue weighted by Crippen LogP contribution is -2.23. The molecule has 3 aromatic carbocycles. The first-order valence-electron chi connectivity index (χ1n) is 8.92. The number of hydrogen-bond donors (Lipinski definition) is 2. The van der Waals surface area contributed by atoms with E-state index in [1.54, 1.807) is 24.3 Å². The van der Waals surface area contributed by atoms with E-state index in [0.29, 0.717) is 11.3 Å². The van der Waals surface area contributed by atoms with Crippen LogP contribution < -0.4 is 10.6 Å². The number of carbonyl (C=O) groups excluding carboxylic acids is 2. The van der Waals surface area contributed by atoms with Crippen LogP contribution in [0.15, 0.2) is 54.6 Å². The molecule has 0 heterocycles. The SMILES string of the molecule is COC(=O)c1ccccc1NC(=O)CNc1ccc2c3c(cccc13)CC2. The van der Waals surface area contributed by atoms with Crippen LogP contribution in [0.4, 0.5) is 11.4 Å². The largest absolute Gasteiger partial charge is 0.465 e. The minimum absolute atomic E-state index is 0.105. The summed E-state index contributed by atoms with van der Waals surface area (Å²) in [5.74, 6) is -0.707. The molecule has 1 amide bonds. The van der Waals surface area contributed by atoms with E-state index in [9.17, 15) is 9.59 Å². The van der Waals surface area contributed by atoms with Crippen LogP contribution in [-0.2, 0) is 22.4 Å². The number of carbonyl (C=O) groups is 2. The molecular formula is C22H20N2O3. The Morgan fingerprint density at radius 2 is 1.70 bits per heavy atom. The van der Waals surface area contributed by atoms with E-state index in [0.717, 1.165) is 23.9 Å². The number of anilines is 2. The van der Waals surface area contributed by atoms with Gasteiger partial charge in [0.05, 0.1) is 24.9 Å². The second-order valence-corrected chi connectivity index (χ2v) is 6.55. The van der Waals surface area contributed by atoms with E-state index in [1.165, 1.54) is 23.6 Å². The normalized spacial score (nSPS) is 12.0. The standard InChI is InChI=1S/C22H20N2O3/c1-27-22(26)17-6-2-3-8-19(17)24-20(25)13-23-18-12-11-15-10-9-14-5-4-7-16(18)21(14)15/h2-8,11-12,23H,9-10,13H2,1H3,(H,24,25). The molecule has 1 aliphatic rings. The van der Waals surface area contributed by atoms with Gasteiger partial charge in [-0.15, -0.1) is 0 Å². The molecule has 1 aliphatic carbocycles. The summed E-state index contributed by atoms with van der Waals surface area (Å²) < 4.78 is 4.76. The lowest BCUT2D eigenvalue weighted by Gasteiger charge is -2.13. The van der Waals surface area contributed by atoms with Gasteiger partial charge in [0.1, 0.15) is 0 Å². The van der Waals surface area contributed by atoms with E-state index in [2.05, 4.69) is 34.9 Å². The zero-order valence-corrected chi connectivity index (χ0v) is 15.0. The maximum atomic E-state index is 12.4. The summed E-state index contributed by atoms with van der Waals surface area (Å²) in [5.41, 5.74) is 4.44. The van der Waals surface area contributed by atoms with Crippen LogP contribution in [0.2, 0.25) is 0 Å². The second kappa shape index (κ2) is 7.11. The number of aryl methyl sites for hydroxylation is 2. The quantitative estimate of drug-likeness (QED) is 0.680. The summed E-state index contributed by atoms with van der Waals surface area (Å²) in [7, 11) is 1.32. The second-order valence-electron chi connectivity index (χ2n) is 6.55. The van der Waals surface area contributed by atoms with Crippen LogP contribution in [0.1, 0.15) is 21.5 Å². The number of amides is 1. The van der Waals surface area contributed by atoms with Crippen LogP contribution >= 0.6 is 0 Å². The predicted octanol–water partition coefficient (Wildman–Crippen LogP) is 3.78. The summed E-state index contributed by atoms with van der Waals surface area (Å²) in [4.78, 5) is 24.2. The maximum Gasteiger partial charge on any atom is 0.339 e. The van der Waals surface area contributed by atoms with E-state index >= 15 is 0 Å². The smallest absolute Gasteiger partial charge is 0.339 e. The summed E-state index contributed by atoms with van der Waals surface area (Å²) in [6.07, 6.45) is 2.14. The van der Waals surface area contributed by atoms with Gasteiger partial charge in [0.2, 0.25) is 5.91 Å². The number of rotatable bonds is 5. The molecule has 0 aromatic heterocycles. The van der Waals surface area contributed by atoms with E-state index in [-0.39, 0.29) is 12.5 Å². The average molecular weight is 360 g/mol. The molecule has 3 aromatic rings. The highest BCUT2D eigenvalue weighted by Gasteiger charge is 2.17. The van der Waals surface area contributed by atoms with Crippen molar-refractivity contribution in [3.8, 4) is 0 Å². The first-order chi connectivity index (χ1) is 13.2. The van der Waals surface area contributed by atoms with Crippen molar-refractivity contribution in [3.63, 3.8) is 0 Å². The number of para-hydroxylation sites is 1. The van der Waals surface area contributed by atoms with Crippen LogP contribution in [0.3, 0.4) is 0 Å². The predicted molar refractivity (Wildman–Crippen MR) is 106 cm³/mol. The number of ether oxygens (including phenoxy) is 1. The van der Waals surface area contributed by atoms with Gasteiger partial charge in [0, 0.05) is 11.1 Å². The summed E-state index contributed by atoms with van der Waals surface area (Å²) in [5, 5.41) is 8.45. The van der Waals surface area contributed by atoms with E-state index in [4.69, 9.17) is 4.74 Å². The molecule has 136 valence electrons. The zero-order chi connectivity index (χ0) is 18.8. The Hall–Kier alpha value is -3.34. The number of methoxy groups -OCH3 is 1. The summed E-state index contributed by atoms with van der Waals surface area (Å²) >= 11 is 0. The molecule has 4 rings (SSSR count). The average Bonchev–Trinajstić information content (AvgIpc) is 3.12. The van der Waals surface area contributed by atoms with Crippen molar-refractivity contribution in [1.82, 2.24) is 0 Å². The Morgan fingerprint density at radius 1 is 0.926 bits per heavy atom. The molecule has 0 aliphatic heterocycles. The van der Waals surface area contributed by atoms with Crippen molar-refractivity contribution in [2.75, 3.05) is 24.3 Å². The van der Waals surface area contributed by atoms with Gasteiger partial charge in [-0.25, -0.2) is 4.79 Å². The van der Waals surface area contributed by atoms with Gasteiger partial charge < -0.3 is 15.4 Å². The number of hydrogen-bond acceptors (Lipinski definition) is 4. The molecule has 0 atom stereocenters. The third kappa shape index (κ3) is 3.24. The molecule has 0 spiro atoms. The molecule has 0 radical (unpaired) electrons. The molecule has 2 N–H and O–H groups in total. The first-order valence-corrected chi connectivity index (χ1v) is 8.92. The van der Waals surface area contributed by atoms with Crippen LogP contribution in [-0.4, -0.2) is 25.5 Å². The Balaban J connectivity index is 1.50. The fourth-order valence-corrected chi connectivity index (χ4v) is 3.65. The zero-order valence-electron chi connectivity index (χ0n) is 15.0. The van der Waals surface area contributed by atoms with Crippen molar-refractivity contribution in [2.24, 2.45) is 0 Å². The van der Waals surface area contributed by atoms with Crippen molar-refractivity contribution < 1.29 is 14.3 Å². The van der Waals surface area contributed by atoms with Crippen molar-refractivity contribution in [2.45, 2.75) is 12.8 Å². The highest BCUT2D eigenvalue weighted by atomic mass is 16.5. The van der Waals surface area contributed by atoms with Gasteiger partial charge in [-0.05, 0) is 47.6 Å². The lowest BCUT2D eigenvalue weighted by molar-refractivity contribution is -0.114. The molecule has 0 fully saturated rings. The van der Waals surface area contributed by atoms with Gasteiger partial charge in [-0.3, -0.25) is 4.79 Å². The lowest BCUT2D eigenvalue weighted by atomic mass is 10.0.